The van der Waals surface area contributed by atoms with Crippen molar-refractivity contribution in [2.45, 2.75) is 44.0 Å². The first kappa shape index (κ1) is 27.5. The van der Waals surface area contributed by atoms with Crippen molar-refractivity contribution in [3.05, 3.63) is 57.6 Å². The monoisotopic (exact) mass is 479 g/mol. The van der Waals surface area contributed by atoms with Gasteiger partial charge in [0.2, 0.25) is 0 Å². The molecule has 1 saturated heterocycles. The van der Waals surface area contributed by atoms with Crippen LogP contribution in [0.15, 0.2) is 47.1 Å². The first-order valence-corrected chi connectivity index (χ1v) is 10.1. The maximum absolute atomic E-state index is 11.5. The van der Waals surface area contributed by atoms with E-state index in [1.165, 1.54) is 0 Å². The Labute approximate surface area is 234 Å². The van der Waals surface area contributed by atoms with Crippen LogP contribution >= 0.6 is 11.6 Å². The first-order valence-electron chi connectivity index (χ1n) is 9.72. The molecule has 3 unspecified atom stereocenters. The second-order valence-corrected chi connectivity index (χ2v) is 8.24. The molecule has 3 atom stereocenters. The van der Waals surface area contributed by atoms with Crippen molar-refractivity contribution in [2.75, 3.05) is 0 Å². The number of benzene rings is 1. The number of halogens is 1. The summed E-state index contributed by atoms with van der Waals surface area (Å²) < 4.78 is 10.5. The SMILES string of the molecule is NC1=C2OC(C(=O)[O-])(C(=O)[O-])OC2=C2CCCCC2C1CC(O)c1cccc(Cl)c1.[Na+].[Na+]. The van der Waals surface area contributed by atoms with Crippen LogP contribution in [-0.2, 0) is 19.1 Å². The Morgan fingerprint density at radius 3 is 2.47 bits per heavy atom. The van der Waals surface area contributed by atoms with Gasteiger partial charge in [0.05, 0.1) is 11.8 Å². The molecule has 8 nitrogen and oxygen atoms in total. The fourth-order valence-corrected chi connectivity index (χ4v) is 4.78. The Balaban J connectivity index is 0.00000181. The van der Waals surface area contributed by atoms with Crippen LogP contribution in [0.25, 0.3) is 0 Å². The number of aliphatic hydroxyl groups is 1. The van der Waals surface area contributed by atoms with Gasteiger partial charge in [0.1, 0.15) is 11.9 Å². The maximum Gasteiger partial charge on any atom is 1.00 e. The number of carbonyl (C=O) groups excluding carboxylic acids is 2. The van der Waals surface area contributed by atoms with Crippen LogP contribution in [0, 0.1) is 11.8 Å². The molecule has 0 aromatic heterocycles. The van der Waals surface area contributed by atoms with Gasteiger partial charge in [-0.15, -0.1) is 0 Å². The number of carbonyl (C=O) groups is 2. The summed E-state index contributed by atoms with van der Waals surface area (Å²) >= 11 is 6.02. The number of allylic oxidation sites excluding steroid dienone is 2. The van der Waals surface area contributed by atoms with E-state index < -0.39 is 29.7 Å². The number of fused-ring (bicyclic) bond motifs is 2. The molecule has 2 aliphatic carbocycles. The molecule has 3 aliphatic rings. The third-order valence-corrected chi connectivity index (χ3v) is 6.28. The quantitative estimate of drug-likeness (QED) is 0.314. The smallest absolute Gasteiger partial charge is 0.542 e. The molecule has 3 N–H and O–H groups in total. The van der Waals surface area contributed by atoms with E-state index in [4.69, 9.17) is 26.8 Å². The van der Waals surface area contributed by atoms with Gasteiger partial charge in [-0.2, -0.15) is 0 Å². The van der Waals surface area contributed by atoms with Crippen LogP contribution in [0.3, 0.4) is 0 Å². The maximum atomic E-state index is 11.5. The zero-order chi connectivity index (χ0) is 21.6. The summed E-state index contributed by atoms with van der Waals surface area (Å²) in [6, 6.07) is 6.84. The molecule has 160 valence electrons. The summed E-state index contributed by atoms with van der Waals surface area (Å²) in [5, 5.41) is 34.3. The van der Waals surface area contributed by atoms with E-state index in [9.17, 15) is 24.9 Å². The van der Waals surface area contributed by atoms with Crippen LogP contribution in [0.4, 0.5) is 0 Å². The summed E-state index contributed by atoms with van der Waals surface area (Å²) in [6.07, 6.45) is 2.42. The molecule has 0 spiro atoms. The van der Waals surface area contributed by atoms with Gasteiger partial charge in [-0.05, 0) is 54.9 Å². The van der Waals surface area contributed by atoms with Gasteiger partial charge in [-0.3, -0.25) is 0 Å². The van der Waals surface area contributed by atoms with Crippen molar-refractivity contribution >= 4 is 23.5 Å². The molecule has 1 aliphatic heterocycles. The molecule has 4 rings (SSSR count). The Kier molecular flexibility index (Phi) is 9.20. The molecule has 0 radical (unpaired) electrons. The van der Waals surface area contributed by atoms with Crippen molar-refractivity contribution in [3.8, 4) is 0 Å². The normalized spacial score (nSPS) is 24.1. The average molecular weight is 480 g/mol. The van der Waals surface area contributed by atoms with Crippen LogP contribution in [0.1, 0.15) is 43.8 Å². The van der Waals surface area contributed by atoms with Crippen LogP contribution in [0.5, 0.6) is 0 Å². The molecule has 0 bridgehead atoms. The Hall–Kier alpha value is -0.710. The molecule has 0 amide bonds. The van der Waals surface area contributed by atoms with E-state index in [0.29, 0.717) is 17.0 Å². The number of carboxylic acids is 2. The molecule has 11 heteroatoms. The van der Waals surface area contributed by atoms with Crippen LogP contribution in [-0.4, -0.2) is 22.8 Å². The number of aliphatic hydroxyl groups excluding tert-OH is 1. The Bertz CT molecular complexity index is 967. The molecule has 1 aromatic rings. The van der Waals surface area contributed by atoms with Gasteiger partial charge in [0, 0.05) is 10.9 Å². The second-order valence-electron chi connectivity index (χ2n) is 7.80. The molecule has 1 heterocycles. The molecule has 1 saturated carbocycles. The molecular formula is C21H20ClNNa2O7. The van der Waals surface area contributed by atoms with Gasteiger partial charge >= 0.3 is 64.9 Å². The number of nitrogens with two attached hydrogens (primary N) is 1. The fourth-order valence-electron chi connectivity index (χ4n) is 4.58. The number of carboxylic acid groups (broad SMARTS) is 2. The van der Waals surface area contributed by atoms with Crippen LogP contribution in [0.2, 0.25) is 5.02 Å². The molecule has 1 aromatic carbocycles. The third kappa shape index (κ3) is 4.74. The van der Waals surface area contributed by atoms with Gasteiger partial charge < -0.3 is 40.1 Å². The molecular weight excluding hydrogens is 460 g/mol. The number of hydrogen-bond donors (Lipinski definition) is 2. The molecule has 2 fully saturated rings. The van der Waals surface area contributed by atoms with Crippen molar-refractivity contribution in [2.24, 2.45) is 17.6 Å². The summed E-state index contributed by atoms with van der Waals surface area (Å²) in [5.74, 6) is -7.84. The topological polar surface area (TPSA) is 145 Å². The summed E-state index contributed by atoms with van der Waals surface area (Å²) in [6.45, 7) is 0. The van der Waals surface area contributed by atoms with Crippen molar-refractivity contribution in [3.63, 3.8) is 0 Å². The van der Waals surface area contributed by atoms with E-state index in [1.807, 2.05) is 0 Å². The van der Waals surface area contributed by atoms with Crippen molar-refractivity contribution in [1.82, 2.24) is 0 Å². The standard InChI is InChI=1S/C21H22ClNO7.2Na/c22-11-5-3-4-10(8-11)15(24)9-14-12-6-1-2-7-13(12)17-18(16(14)23)30-21(29-17,19(25)26)20(27)28;;/h3-5,8,12,14-15,24H,1-2,6-7,9,23H2,(H,25,26)(H,27,28);;/q;2*+1/p-2. The average Bonchev–Trinajstić information content (AvgIpc) is 3.14. The Morgan fingerprint density at radius 2 is 1.84 bits per heavy atom. The van der Waals surface area contributed by atoms with Crippen LogP contribution < -0.4 is 75.1 Å². The van der Waals surface area contributed by atoms with Crippen molar-refractivity contribution in [1.29, 1.82) is 0 Å². The predicted molar refractivity (Wildman–Crippen MR) is 99.6 cm³/mol. The summed E-state index contributed by atoms with van der Waals surface area (Å²) in [4.78, 5) is 23.1. The van der Waals surface area contributed by atoms with Crippen molar-refractivity contribution < 1.29 is 93.5 Å². The second kappa shape index (κ2) is 10.7. The Morgan fingerprint density at radius 1 is 1.19 bits per heavy atom. The van der Waals surface area contributed by atoms with Gasteiger partial charge in [-0.25, -0.2) is 0 Å². The minimum atomic E-state index is -3.08. The third-order valence-electron chi connectivity index (χ3n) is 6.04. The van der Waals surface area contributed by atoms with Gasteiger partial charge in [-0.1, -0.05) is 30.2 Å². The van der Waals surface area contributed by atoms with E-state index in [0.717, 1.165) is 24.8 Å². The van der Waals surface area contributed by atoms with E-state index in [2.05, 4.69) is 0 Å². The van der Waals surface area contributed by atoms with E-state index in [-0.39, 0.29) is 88.7 Å². The van der Waals surface area contributed by atoms with Gasteiger partial charge in [0.25, 0.3) is 0 Å². The first-order chi connectivity index (χ1) is 14.2. The summed E-state index contributed by atoms with van der Waals surface area (Å²) in [5.41, 5.74) is 7.84. The molecule has 32 heavy (non-hydrogen) atoms. The van der Waals surface area contributed by atoms with E-state index in [1.54, 1.807) is 24.3 Å². The zero-order valence-electron chi connectivity index (χ0n) is 17.9. The number of ether oxygens (including phenoxy) is 2. The minimum Gasteiger partial charge on any atom is -0.542 e. The number of aliphatic carboxylic acids is 2. The largest absolute Gasteiger partial charge is 1.00 e. The minimum absolute atomic E-state index is 0. The van der Waals surface area contributed by atoms with Gasteiger partial charge in [0.15, 0.2) is 11.5 Å². The summed E-state index contributed by atoms with van der Waals surface area (Å²) in [7, 11) is 0. The fraction of sp³-hybridized carbons (Fsp3) is 0.429. The zero-order valence-corrected chi connectivity index (χ0v) is 22.7. The number of hydrogen-bond acceptors (Lipinski definition) is 8. The predicted octanol–water partition coefficient (Wildman–Crippen LogP) is -5.74. The number of rotatable bonds is 5. The van der Waals surface area contributed by atoms with E-state index >= 15 is 0 Å².